The van der Waals surface area contributed by atoms with E-state index in [1.165, 1.54) is 0 Å². The molecule has 0 aliphatic carbocycles. The molecule has 1 aromatic rings. The van der Waals surface area contributed by atoms with E-state index in [1.807, 2.05) is 20.8 Å². The Balaban J connectivity index is 2.78. The zero-order chi connectivity index (χ0) is 13.2. The highest BCUT2D eigenvalue weighted by atomic mass is 35.5. The van der Waals surface area contributed by atoms with Crippen molar-refractivity contribution >= 4 is 23.1 Å². The van der Waals surface area contributed by atoms with E-state index in [0.29, 0.717) is 18.4 Å². The van der Waals surface area contributed by atoms with Gasteiger partial charge in [-0.2, -0.15) is 0 Å². The molecule has 0 spiro atoms. The van der Waals surface area contributed by atoms with Crippen LogP contribution < -0.4 is 5.73 Å². The zero-order valence-electron chi connectivity index (χ0n) is 10.3. The third-order valence-electron chi connectivity index (χ3n) is 2.66. The lowest BCUT2D eigenvalue weighted by atomic mass is 9.87. The Kier molecular flexibility index (Phi) is 4.15. The molecule has 94 valence electrons. The SMILES string of the molecule is CC(C)(C)C(=O)CCc1ccc(Cl)c(N)c1F. The molecular formula is C13H17ClFNO. The Morgan fingerprint density at radius 2 is 2.00 bits per heavy atom. The molecule has 17 heavy (non-hydrogen) atoms. The van der Waals surface area contributed by atoms with Crippen LogP contribution in [0.1, 0.15) is 32.8 Å². The highest BCUT2D eigenvalue weighted by Gasteiger charge is 2.21. The lowest BCUT2D eigenvalue weighted by molar-refractivity contribution is -0.126. The van der Waals surface area contributed by atoms with Crippen molar-refractivity contribution < 1.29 is 9.18 Å². The first-order valence-electron chi connectivity index (χ1n) is 5.49. The predicted octanol–water partition coefficient (Wildman–Crippen LogP) is 3.61. The summed E-state index contributed by atoms with van der Waals surface area (Å²) in [7, 11) is 0. The van der Waals surface area contributed by atoms with Crippen LogP contribution >= 0.6 is 11.6 Å². The molecule has 1 rings (SSSR count). The minimum absolute atomic E-state index is 0.0487. The van der Waals surface area contributed by atoms with E-state index < -0.39 is 11.2 Å². The van der Waals surface area contributed by atoms with Crippen molar-refractivity contribution in [2.75, 3.05) is 5.73 Å². The van der Waals surface area contributed by atoms with Crippen LogP contribution in [-0.2, 0) is 11.2 Å². The van der Waals surface area contributed by atoms with Crippen LogP contribution in [0.4, 0.5) is 10.1 Å². The number of rotatable bonds is 3. The van der Waals surface area contributed by atoms with Gasteiger partial charge in [0.2, 0.25) is 0 Å². The number of benzene rings is 1. The first-order valence-corrected chi connectivity index (χ1v) is 5.87. The molecule has 0 saturated carbocycles. The Morgan fingerprint density at radius 1 is 1.41 bits per heavy atom. The number of hydrogen-bond acceptors (Lipinski definition) is 2. The maximum Gasteiger partial charge on any atom is 0.150 e. The second kappa shape index (κ2) is 5.05. The minimum atomic E-state index is -0.515. The zero-order valence-corrected chi connectivity index (χ0v) is 11.1. The molecule has 4 heteroatoms. The number of hydrogen-bond donors (Lipinski definition) is 1. The molecule has 0 atom stereocenters. The minimum Gasteiger partial charge on any atom is -0.395 e. The molecular weight excluding hydrogens is 241 g/mol. The standard InChI is InChI=1S/C13H17ClFNO/c1-13(2,3)10(17)7-5-8-4-6-9(14)12(16)11(8)15/h4,6H,5,7,16H2,1-3H3. The van der Waals surface area contributed by atoms with E-state index in [2.05, 4.69) is 0 Å². The maximum atomic E-state index is 13.7. The van der Waals surface area contributed by atoms with Crippen LogP contribution in [0.3, 0.4) is 0 Å². The highest BCUT2D eigenvalue weighted by Crippen LogP contribution is 2.26. The maximum absolute atomic E-state index is 13.7. The number of Topliss-reactive ketones (excluding diaryl/α,β-unsaturated/α-hetero) is 1. The lowest BCUT2D eigenvalue weighted by Crippen LogP contribution is -2.20. The monoisotopic (exact) mass is 257 g/mol. The van der Waals surface area contributed by atoms with Crippen molar-refractivity contribution in [2.45, 2.75) is 33.6 Å². The molecule has 0 saturated heterocycles. The molecule has 0 bridgehead atoms. The number of carbonyl (C=O) groups is 1. The summed E-state index contributed by atoms with van der Waals surface area (Å²) in [6, 6.07) is 3.13. The third-order valence-corrected chi connectivity index (χ3v) is 2.99. The molecule has 0 aliphatic heterocycles. The van der Waals surface area contributed by atoms with Crippen LogP contribution in [0, 0.1) is 11.2 Å². The summed E-state index contributed by atoms with van der Waals surface area (Å²) in [6.07, 6.45) is 0.658. The second-order valence-corrected chi connectivity index (χ2v) is 5.51. The van der Waals surface area contributed by atoms with Crippen LogP contribution in [0.5, 0.6) is 0 Å². The summed E-state index contributed by atoms with van der Waals surface area (Å²) in [6.45, 7) is 5.55. The van der Waals surface area contributed by atoms with Crippen molar-refractivity contribution in [1.82, 2.24) is 0 Å². The number of ketones is 1. The fraction of sp³-hybridized carbons (Fsp3) is 0.462. The summed E-state index contributed by atoms with van der Waals surface area (Å²) in [5, 5.41) is 0.202. The molecule has 0 unspecified atom stereocenters. The van der Waals surface area contributed by atoms with Crippen molar-refractivity contribution in [3.05, 3.63) is 28.5 Å². The molecule has 0 radical (unpaired) electrons. The molecule has 1 aromatic carbocycles. The highest BCUT2D eigenvalue weighted by molar-refractivity contribution is 6.33. The largest absolute Gasteiger partial charge is 0.395 e. The Labute approximate surface area is 106 Å². The van der Waals surface area contributed by atoms with Crippen molar-refractivity contribution in [3.63, 3.8) is 0 Å². The number of anilines is 1. The van der Waals surface area contributed by atoms with Crippen LogP contribution in [0.2, 0.25) is 5.02 Å². The fourth-order valence-electron chi connectivity index (χ4n) is 1.43. The van der Waals surface area contributed by atoms with E-state index in [9.17, 15) is 9.18 Å². The number of nitrogen functional groups attached to an aromatic ring is 1. The summed E-state index contributed by atoms with van der Waals surface area (Å²) >= 11 is 5.69. The van der Waals surface area contributed by atoms with Gasteiger partial charge in [-0.05, 0) is 18.1 Å². The van der Waals surface area contributed by atoms with Gasteiger partial charge in [-0.1, -0.05) is 38.4 Å². The Morgan fingerprint density at radius 3 is 2.53 bits per heavy atom. The Bertz CT molecular complexity index is 438. The smallest absolute Gasteiger partial charge is 0.150 e. The molecule has 0 aromatic heterocycles. The van der Waals surface area contributed by atoms with Gasteiger partial charge in [0.1, 0.15) is 5.78 Å². The topological polar surface area (TPSA) is 43.1 Å². The van der Waals surface area contributed by atoms with Gasteiger partial charge in [0, 0.05) is 11.8 Å². The number of aryl methyl sites for hydroxylation is 1. The van der Waals surface area contributed by atoms with E-state index in [-0.39, 0.29) is 16.5 Å². The Hall–Kier alpha value is -1.09. The average molecular weight is 258 g/mol. The normalized spacial score (nSPS) is 11.6. The van der Waals surface area contributed by atoms with E-state index in [4.69, 9.17) is 17.3 Å². The van der Waals surface area contributed by atoms with Crippen LogP contribution in [0.15, 0.2) is 12.1 Å². The number of carbonyl (C=O) groups excluding carboxylic acids is 1. The molecule has 2 N–H and O–H groups in total. The van der Waals surface area contributed by atoms with E-state index in [0.717, 1.165) is 0 Å². The van der Waals surface area contributed by atoms with Gasteiger partial charge in [-0.3, -0.25) is 4.79 Å². The van der Waals surface area contributed by atoms with Crippen LogP contribution in [0.25, 0.3) is 0 Å². The van der Waals surface area contributed by atoms with Gasteiger partial charge >= 0.3 is 0 Å². The average Bonchev–Trinajstić information content (AvgIpc) is 2.23. The fourth-order valence-corrected chi connectivity index (χ4v) is 1.58. The molecule has 2 nitrogen and oxygen atoms in total. The molecule has 0 amide bonds. The van der Waals surface area contributed by atoms with Crippen molar-refractivity contribution in [3.8, 4) is 0 Å². The number of halogens is 2. The summed E-state index contributed by atoms with van der Waals surface area (Å²) in [4.78, 5) is 11.7. The van der Waals surface area contributed by atoms with Crippen molar-refractivity contribution in [1.29, 1.82) is 0 Å². The summed E-state index contributed by atoms with van der Waals surface area (Å²) in [5.41, 5.74) is 5.47. The summed E-state index contributed by atoms with van der Waals surface area (Å²) < 4.78 is 13.7. The lowest BCUT2D eigenvalue weighted by Gasteiger charge is -2.16. The molecule has 0 heterocycles. The summed E-state index contributed by atoms with van der Waals surface area (Å²) in [5.74, 6) is -0.412. The van der Waals surface area contributed by atoms with Crippen molar-refractivity contribution in [2.24, 2.45) is 5.41 Å². The van der Waals surface area contributed by atoms with Gasteiger partial charge in [0.05, 0.1) is 10.7 Å². The van der Waals surface area contributed by atoms with Gasteiger partial charge in [0.15, 0.2) is 5.82 Å². The quantitative estimate of drug-likeness (QED) is 0.841. The van der Waals surface area contributed by atoms with Gasteiger partial charge in [0.25, 0.3) is 0 Å². The molecule has 0 aliphatic rings. The second-order valence-electron chi connectivity index (χ2n) is 5.11. The first-order chi connectivity index (χ1) is 7.73. The first kappa shape index (κ1) is 14.0. The van der Waals surface area contributed by atoms with E-state index >= 15 is 0 Å². The third kappa shape index (κ3) is 3.43. The van der Waals surface area contributed by atoms with E-state index in [1.54, 1.807) is 12.1 Å². The van der Waals surface area contributed by atoms with Crippen LogP contribution in [-0.4, -0.2) is 5.78 Å². The number of nitrogens with two attached hydrogens (primary N) is 1. The van der Waals surface area contributed by atoms with Gasteiger partial charge in [-0.25, -0.2) is 4.39 Å². The molecule has 0 fully saturated rings. The van der Waals surface area contributed by atoms with Gasteiger partial charge in [-0.15, -0.1) is 0 Å². The van der Waals surface area contributed by atoms with Gasteiger partial charge < -0.3 is 5.73 Å². The predicted molar refractivity (Wildman–Crippen MR) is 68.6 cm³/mol.